The van der Waals surface area contributed by atoms with E-state index in [0.717, 1.165) is 31.5 Å². The molecule has 0 amide bonds. The summed E-state index contributed by atoms with van der Waals surface area (Å²) in [4.78, 5) is 9.80. The highest BCUT2D eigenvalue weighted by Crippen LogP contribution is 2.07. The highest BCUT2D eigenvalue weighted by Gasteiger charge is 2.16. The van der Waals surface area contributed by atoms with Crippen molar-refractivity contribution in [2.45, 2.75) is 53.5 Å². The molecule has 2 atom stereocenters. The van der Waals surface area contributed by atoms with E-state index in [2.05, 4.69) is 62.1 Å². The SMILES string of the molecule is CCNC(=NCC(C)CN1CCN(C)CC1)NC(C)CCC(C)C. The van der Waals surface area contributed by atoms with Gasteiger partial charge in [-0.05, 0) is 45.6 Å². The molecule has 0 bridgehead atoms. The summed E-state index contributed by atoms with van der Waals surface area (Å²) in [5.41, 5.74) is 0. The Morgan fingerprint density at radius 3 is 2.29 bits per heavy atom. The van der Waals surface area contributed by atoms with E-state index < -0.39 is 0 Å². The van der Waals surface area contributed by atoms with Gasteiger partial charge in [0.25, 0.3) is 0 Å². The summed E-state index contributed by atoms with van der Waals surface area (Å²) in [6.07, 6.45) is 2.45. The van der Waals surface area contributed by atoms with Crippen LogP contribution in [0.15, 0.2) is 4.99 Å². The fourth-order valence-electron chi connectivity index (χ4n) is 2.98. The first-order valence-electron chi connectivity index (χ1n) is 9.86. The van der Waals surface area contributed by atoms with Crippen molar-refractivity contribution >= 4 is 5.96 Å². The van der Waals surface area contributed by atoms with Gasteiger partial charge in [-0.25, -0.2) is 0 Å². The maximum Gasteiger partial charge on any atom is 0.191 e. The van der Waals surface area contributed by atoms with Gasteiger partial charge in [-0.3, -0.25) is 4.99 Å². The molecule has 1 heterocycles. The molecule has 0 aromatic heterocycles. The van der Waals surface area contributed by atoms with E-state index in [1.165, 1.54) is 39.0 Å². The van der Waals surface area contributed by atoms with E-state index in [1.807, 2.05) is 0 Å². The molecule has 0 aliphatic carbocycles. The smallest absolute Gasteiger partial charge is 0.191 e. The average molecular weight is 340 g/mol. The molecule has 2 unspecified atom stereocenters. The van der Waals surface area contributed by atoms with Crippen LogP contribution in [0.3, 0.4) is 0 Å². The summed E-state index contributed by atoms with van der Waals surface area (Å²) in [6.45, 7) is 19.0. The summed E-state index contributed by atoms with van der Waals surface area (Å²) in [6, 6.07) is 0.470. The largest absolute Gasteiger partial charge is 0.357 e. The number of rotatable bonds is 9. The van der Waals surface area contributed by atoms with Gasteiger partial charge in [-0.15, -0.1) is 0 Å². The monoisotopic (exact) mass is 339 g/mol. The van der Waals surface area contributed by atoms with Crippen molar-refractivity contribution in [3.8, 4) is 0 Å². The van der Waals surface area contributed by atoms with E-state index in [0.29, 0.717) is 12.0 Å². The molecule has 1 saturated heterocycles. The van der Waals surface area contributed by atoms with Crippen LogP contribution in [-0.4, -0.2) is 74.7 Å². The van der Waals surface area contributed by atoms with Crippen LogP contribution in [0.25, 0.3) is 0 Å². The quantitative estimate of drug-likeness (QED) is 0.499. The van der Waals surface area contributed by atoms with Crippen molar-refractivity contribution in [3.63, 3.8) is 0 Å². The van der Waals surface area contributed by atoms with Gasteiger partial charge in [-0.1, -0.05) is 20.8 Å². The molecule has 1 fully saturated rings. The minimum absolute atomic E-state index is 0.470. The fourth-order valence-corrected chi connectivity index (χ4v) is 2.98. The molecule has 2 N–H and O–H groups in total. The van der Waals surface area contributed by atoms with E-state index >= 15 is 0 Å². The maximum absolute atomic E-state index is 4.82. The third-order valence-corrected chi connectivity index (χ3v) is 4.63. The second-order valence-corrected chi connectivity index (χ2v) is 7.95. The lowest BCUT2D eigenvalue weighted by molar-refractivity contribution is 0.140. The summed E-state index contributed by atoms with van der Waals surface area (Å²) in [5.74, 6) is 2.33. The van der Waals surface area contributed by atoms with Gasteiger partial charge in [0.2, 0.25) is 0 Å². The van der Waals surface area contributed by atoms with Crippen LogP contribution in [0, 0.1) is 11.8 Å². The molecule has 5 heteroatoms. The lowest BCUT2D eigenvalue weighted by atomic mass is 10.0. The zero-order valence-corrected chi connectivity index (χ0v) is 16.9. The Labute approximate surface area is 150 Å². The second-order valence-electron chi connectivity index (χ2n) is 7.95. The topological polar surface area (TPSA) is 42.9 Å². The van der Waals surface area contributed by atoms with Crippen LogP contribution in [0.2, 0.25) is 0 Å². The number of hydrogen-bond donors (Lipinski definition) is 2. The highest BCUT2D eigenvalue weighted by atomic mass is 15.2. The lowest BCUT2D eigenvalue weighted by Gasteiger charge is -2.33. The minimum atomic E-state index is 0.470. The number of aliphatic imine (C=N–C) groups is 1. The van der Waals surface area contributed by atoms with Gasteiger partial charge in [0.1, 0.15) is 0 Å². The van der Waals surface area contributed by atoms with Crippen LogP contribution in [0.4, 0.5) is 0 Å². The summed E-state index contributed by atoms with van der Waals surface area (Å²) in [7, 11) is 2.21. The molecule has 0 aromatic carbocycles. The first-order valence-corrected chi connectivity index (χ1v) is 9.86. The molecule has 0 spiro atoms. The highest BCUT2D eigenvalue weighted by molar-refractivity contribution is 5.80. The zero-order chi connectivity index (χ0) is 17.9. The summed E-state index contributed by atoms with van der Waals surface area (Å²) in [5, 5.41) is 6.94. The van der Waals surface area contributed by atoms with Crippen LogP contribution in [-0.2, 0) is 0 Å². The van der Waals surface area contributed by atoms with Crippen molar-refractivity contribution in [2.75, 3.05) is 52.9 Å². The zero-order valence-electron chi connectivity index (χ0n) is 16.9. The number of nitrogens with zero attached hydrogens (tertiary/aromatic N) is 3. The lowest BCUT2D eigenvalue weighted by Crippen LogP contribution is -2.46. The van der Waals surface area contributed by atoms with Crippen molar-refractivity contribution in [1.29, 1.82) is 0 Å². The van der Waals surface area contributed by atoms with Gasteiger partial charge in [0, 0.05) is 51.9 Å². The van der Waals surface area contributed by atoms with Crippen LogP contribution >= 0.6 is 0 Å². The molecule has 142 valence electrons. The molecule has 0 radical (unpaired) electrons. The van der Waals surface area contributed by atoms with Gasteiger partial charge < -0.3 is 20.4 Å². The van der Waals surface area contributed by atoms with Crippen molar-refractivity contribution in [3.05, 3.63) is 0 Å². The summed E-state index contributed by atoms with van der Waals surface area (Å²) < 4.78 is 0. The fraction of sp³-hybridized carbons (Fsp3) is 0.947. The standard InChI is InChI=1S/C19H41N5/c1-7-20-19(22-18(5)9-8-16(2)3)21-14-17(4)15-24-12-10-23(6)11-13-24/h16-18H,7-15H2,1-6H3,(H2,20,21,22). The number of nitrogens with one attached hydrogen (secondary N) is 2. The molecule has 1 rings (SSSR count). The van der Waals surface area contributed by atoms with Crippen LogP contribution < -0.4 is 10.6 Å². The number of likely N-dealkylation sites (N-methyl/N-ethyl adjacent to an activating group) is 1. The van der Waals surface area contributed by atoms with E-state index in [-0.39, 0.29) is 0 Å². The summed E-state index contributed by atoms with van der Waals surface area (Å²) >= 11 is 0. The third kappa shape index (κ3) is 9.48. The third-order valence-electron chi connectivity index (χ3n) is 4.63. The predicted molar refractivity (Wildman–Crippen MR) is 106 cm³/mol. The Hall–Kier alpha value is -0.810. The average Bonchev–Trinajstić information content (AvgIpc) is 2.53. The molecule has 0 saturated carbocycles. The van der Waals surface area contributed by atoms with E-state index in [4.69, 9.17) is 4.99 Å². The molecule has 24 heavy (non-hydrogen) atoms. The molecule has 5 nitrogen and oxygen atoms in total. The Balaban J connectivity index is 2.37. The van der Waals surface area contributed by atoms with Crippen molar-refractivity contribution in [2.24, 2.45) is 16.8 Å². The maximum atomic E-state index is 4.82. The number of piperazine rings is 1. The van der Waals surface area contributed by atoms with Gasteiger partial charge in [0.15, 0.2) is 5.96 Å². The molecule has 1 aliphatic heterocycles. The van der Waals surface area contributed by atoms with Crippen molar-refractivity contribution in [1.82, 2.24) is 20.4 Å². The van der Waals surface area contributed by atoms with Gasteiger partial charge in [-0.2, -0.15) is 0 Å². The first-order chi connectivity index (χ1) is 11.4. The Bertz CT molecular complexity index is 348. The predicted octanol–water partition coefficient (Wildman–Crippen LogP) is 2.25. The van der Waals surface area contributed by atoms with E-state index in [9.17, 15) is 0 Å². The molecule has 0 aromatic rings. The van der Waals surface area contributed by atoms with Gasteiger partial charge in [0.05, 0.1) is 0 Å². The minimum Gasteiger partial charge on any atom is -0.357 e. The van der Waals surface area contributed by atoms with Crippen molar-refractivity contribution < 1.29 is 0 Å². The molecular weight excluding hydrogens is 298 g/mol. The number of hydrogen-bond acceptors (Lipinski definition) is 3. The normalized spacial score (nSPS) is 20.2. The molecule has 1 aliphatic rings. The second kappa shape index (κ2) is 11.7. The Morgan fingerprint density at radius 2 is 1.71 bits per heavy atom. The Kier molecular flexibility index (Phi) is 10.3. The first kappa shape index (κ1) is 21.2. The van der Waals surface area contributed by atoms with Gasteiger partial charge >= 0.3 is 0 Å². The van der Waals surface area contributed by atoms with E-state index in [1.54, 1.807) is 0 Å². The molecular formula is C19H41N5. The Morgan fingerprint density at radius 1 is 1.04 bits per heavy atom. The van der Waals surface area contributed by atoms with Crippen LogP contribution in [0.1, 0.15) is 47.5 Å². The number of guanidine groups is 1. The van der Waals surface area contributed by atoms with Crippen LogP contribution in [0.5, 0.6) is 0 Å².